The van der Waals surface area contributed by atoms with E-state index in [1.807, 2.05) is 0 Å². The SMILES string of the molecule is C=C1CCC(CCC)(OCCC)C/C1=C/C. The van der Waals surface area contributed by atoms with Gasteiger partial charge in [-0.2, -0.15) is 0 Å². The maximum absolute atomic E-state index is 6.16. The van der Waals surface area contributed by atoms with Crippen molar-refractivity contribution in [2.45, 2.75) is 64.9 Å². The van der Waals surface area contributed by atoms with E-state index in [1.54, 1.807) is 0 Å². The molecule has 1 aliphatic rings. The molecule has 92 valence electrons. The molecule has 1 fully saturated rings. The van der Waals surface area contributed by atoms with Gasteiger partial charge in [0.05, 0.1) is 5.60 Å². The Balaban J connectivity index is 2.73. The van der Waals surface area contributed by atoms with Crippen molar-refractivity contribution in [3.05, 3.63) is 23.8 Å². The zero-order valence-corrected chi connectivity index (χ0v) is 11.1. The van der Waals surface area contributed by atoms with E-state index in [1.165, 1.54) is 24.0 Å². The van der Waals surface area contributed by atoms with E-state index < -0.39 is 0 Å². The van der Waals surface area contributed by atoms with Gasteiger partial charge in [0.1, 0.15) is 0 Å². The highest BCUT2D eigenvalue weighted by Crippen LogP contribution is 2.40. The smallest absolute Gasteiger partial charge is 0.0725 e. The summed E-state index contributed by atoms with van der Waals surface area (Å²) in [5, 5.41) is 0. The molecule has 0 N–H and O–H groups in total. The van der Waals surface area contributed by atoms with Crippen LogP contribution in [0, 0.1) is 0 Å². The Morgan fingerprint density at radius 3 is 2.69 bits per heavy atom. The molecule has 0 aromatic heterocycles. The van der Waals surface area contributed by atoms with Gasteiger partial charge in [-0.05, 0) is 38.2 Å². The molecule has 1 rings (SSSR count). The van der Waals surface area contributed by atoms with Crippen LogP contribution in [0.3, 0.4) is 0 Å². The third-order valence-corrected chi connectivity index (χ3v) is 3.52. The van der Waals surface area contributed by atoms with Gasteiger partial charge in [-0.3, -0.25) is 0 Å². The monoisotopic (exact) mass is 222 g/mol. The van der Waals surface area contributed by atoms with Gasteiger partial charge < -0.3 is 4.74 Å². The first-order valence-electron chi connectivity index (χ1n) is 6.64. The third-order valence-electron chi connectivity index (χ3n) is 3.52. The summed E-state index contributed by atoms with van der Waals surface area (Å²) < 4.78 is 6.16. The predicted molar refractivity (Wildman–Crippen MR) is 70.6 cm³/mol. The topological polar surface area (TPSA) is 9.23 Å². The Labute approximate surface area is 101 Å². The number of allylic oxidation sites excluding steroid dienone is 2. The van der Waals surface area contributed by atoms with Crippen LogP contribution in [0.2, 0.25) is 0 Å². The van der Waals surface area contributed by atoms with Crippen molar-refractivity contribution in [2.75, 3.05) is 6.61 Å². The van der Waals surface area contributed by atoms with Crippen LogP contribution in [0.25, 0.3) is 0 Å². The minimum atomic E-state index is 0.105. The van der Waals surface area contributed by atoms with E-state index >= 15 is 0 Å². The average Bonchev–Trinajstić information content (AvgIpc) is 2.30. The lowest BCUT2D eigenvalue weighted by molar-refractivity contribution is -0.0612. The van der Waals surface area contributed by atoms with E-state index in [0.717, 1.165) is 32.3 Å². The quantitative estimate of drug-likeness (QED) is 0.658. The summed E-state index contributed by atoms with van der Waals surface area (Å²) in [6.45, 7) is 11.6. The zero-order chi connectivity index (χ0) is 12.0. The molecule has 0 radical (unpaired) electrons. The van der Waals surface area contributed by atoms with Crippen molar-refractivity contribution in [3.63, 3.8) is 0 Å². The van der Waals surface area contributed by atoms with E-state index in [9.17, 15) is 0 Å². The summed E-state index contributed by atoms with van der Waals surface area (Å²) in [7, 11) is 0. The molecule has 0 aliphatic heterocycles. The van der Waals surface area contributed by atoms with Gasteiger partial charge >= 0.3 is 0 Å². The largest absolute Gasteiger partial charge is 0.375 e. The second-order valence-corrected chi connectivity index (χ2v) is 4.88. The molecule has 0 spiro atoms. The Morgan fingerprint density at radius 2 is 2.12 bits per heavy atom. The van der Waals surface area contributed by atoms with Crippen LogP contribution in [-0.2, 0) is 4.74 Å². The first-order chi connectivity index (χ1) is 7.67. The molecule has 1 nitrogen and oxygen atoms in total. The second kappa shape index (κ2) is 6.24. The molecule has 0 aromatic carbocycles. The van der Waals surface area contributed by atoms with Crippen molar-refractivity contribution in [1.82, 2.24) is 0 Å². The van der Waals surface area contributed by atoms with E-state index in [4.69, 9.17) is 4.74 Å². The Hall–Kier alpha value is -0.560. The summed E-state index contributed by atoms with van der Waals surface area (Å²) in [5.41, 5.74) is 2.83. The highest BCUT2D eigenvalue weighted by atomic mass is 16.5. The highest BCUT2D eigenvalue weighted by Gasteiger charge is 2.34. The molecular formula is C15H26O. The van der Waals surface area contributed by atoms with Gasteiger partial charge in [-0.25, -0.2) is 0 Å². The Morgan fingerprint density at radius 1 is 1.38 bits per heavy atom. The van der Waals surface area contributed by atoms with Crippen LogP contribution in [-0.4, -0.2) is 12.2 Å². The standard InChI is InChI=1S/C15H26O/c1-5-9-15(16-11-6-2)10-8-13(4)14(7-3)12-15/h7H,4-6,8-12H2,1-3H3/b14-7-. The fraction of sp³-hybridized carbons (Fsp3) is 0.733. The van der Waals surface area contributed by atoms with E-state index in [-0.39, 0.29) is 5.60 Å². The van der Waals surface area contributed by atoms with Gasteiger partial charge in [0.15, 0.2) is 0 Å². The zero-order valence-electron chi connectivity index (χ0n) is 11.1. The average molecular weight is 222 g/mol. The van der Waals surface area contributed by atoms with Crippen molar-refractivity contribution >= 4 is 0 Å². The number of rotatable bonds is 5. The fourth-order valence-corrected chi connectivity index (χ4v) is 2.59. The minimum absolute atomic E-state index is 0.105. The maximum atomic E-state index is 6.16. The summed E-state index contributed by atoms with van der Waals surface area (Å²) in [4.78, 5) is 0. The van der Waals surface area contributed by atoms with Crippen LogP contribution in [0.5, 0.6) is 0 Å². The highest BCUT2D eigenvalue weighted by molar-refractivity contribution is 5.32. The summed E-state index contributed by atoms with van der Waals surface area (Å²) in [5.74, 6) is 0. The van der Waals surface area contributed by atoms with E-state index in [2.05, 4.69) is 33.4 Å². The minimum Gasteiger partial charge on any atom is -0.375 e. The van der Waals surface area contributed by atoms with Gasteiger partial charge in [0, 0.05) is 13.0 Å². The van der Waals surface area contributed by atoms with Crippen LogP contribution >= 0.6 is 0 Å². The molecule has 1 atom stereocenters. The van der Waals surface area contributed by atoms with Crippen LogP contribution in [0.15, 0.2) is 23.8 Å². The maximum Gasteiger partial charge on any atom is 0.0725 e. The first-order valence-corrected chi connectivity index (χ1v) is 6.64. The lowest BCUT2D eigenvalue weighted by Gasteiger charge is -2.39. The molecule has 0 aromatic rings. The lowest BCUT2D eigenvalue weighted by atomic mass is 9.76. The lowest BCUT2D eigenvalue weighted by Crippen LogP contribution is -2.36. The number of ether oxygens (including phenoxy) is 1. The Kier molecular flexibility index (Phi) is 5.27. The Bertz CT molecular complexity index is 265. The summed E-state index contributed by atoms with van der Waals surface area (Å²) >= 11 is 0. The van der Waals surface area contributed by atoms with Gasteiger partial charge in [0.25, 0.3) is 0 Å². The number of hydrogen-bond donors (Lipinski definition) is 0. The molecule has 1 aliphatic carbocycles. The van der Waals surface area contributed by atoms with Gasteiger partial charge in [0.2, 0.25) is 0 Å². The normalized spacial score (nSPS) is 28.7. The van der Waals surface area contributed by atoms with E-state index in [0.29, 0.717) is 0 Å². The molecule has 0 bridgehead atoms. The number of hydrogen-bond acceptors (Lipinski definition) is 1. The first kappa shape index (κ1) is 13.5. The van der Waals surface area contributed by atoms with Gasteiger partial charge in [-0.1, -0.05) is 38.5 Å². The summed E-state index contributed by atoms with van der Waals surface area (Å²) in [6.07, 6.45) is 9.01. The molecular weight excluding hydrogens is 196 g/mol. The molecule has 16 heavy (non-hydrogen) atoms. The molecule has 1 saturated carbocycles. The third kappa shape index (κ3) is 3.21. The molecule has 0 heterocycles. The molecule has 1 heteroatoms. The van der Waals surface area contributed by atoms with Crippen molar-refractivity contribution < 1.29 is 4.74 Å². The molecule has 0 amide bonds. The molecule has 1 unspecified atom stereocenters. The second-order valence-electron chi connectivity index (χ2n) is 4.88. The fourth-order valence-electron chi connectivity index (χ4n) is 2.59. The summed E-state index contributed by atoms with van der Waals surface area (Å²) in [6, 6.07) is 0. The van der Waals surface area contributed by atoms with Crippen molar-refractivity contribution in [1.29, 1.82) is 0 Å². The predicted octanol–water partition coefficient (Wildman–Crippen LogP) is 4.64. The van der Waals surface area contributed by atoms with Crippen LogP contribution in [0.4, 0.5) is 0 Å². The van der Waals surface area contributed by atoms with Crippen LogP contribution in [0.1, 0.15) is 59.3 Å². The van der Waals surface area contributed by atoms with Crippen molar-refractivity contribution in [2.24, 2.45) is 0 Å². The molecule has 0 saturated heterocycles. The van der Waals surface area contributed by atoms with Crippen molar-refractivity contribution in [3.8, 4) is 0 Å². The van der Waals surface area contributed by atoms with Crippen LogP contribution < -0.4 is 0 Å². The van der Waals surface area contributed by atoms with Gasteiger partial charge in [-0.15, -0.1) is 0 Å².